The molecule has 0 aliphatic carbocycles. The van der Waals surface area contributed by atoms with Crippen molar-refractivity contribution in [1.29, 1.82) is 0 Å². The summed E-state index contributed by atoms with van der Waals surface area (Å²) in [5.74, 6) is 0.0837. The summed E-state index contributed by atoms with van der Waals surface area (Å²) in [4.78, 5) is 27.4. The fraction of sp³-hybridized carbons (Fsp3) is 0.350. The molecule has 27 heavy (non-hydrogen) atoms. The number of thiophene rings is 1. The highest BCUT2D eigenvalue weighted by Crippen LogP contribution is 2.14. The number of amides is 1. The van der Waals surface area contributed by atoms with Gasteiger partial charge in [-0.15, -0.1) is 11.3 Å². The van der Waals surface area contributed by atoms with E-state index in [0.717, 1.165) is 31.2 Å². The van der Waals surface area contributed by atoms with Crippen LogP contribution in [0.3, 0.4) is 0 Å². The molecule has 0 spiro atoms. The van der Waals surface area contributed by atoms with Crippen molar-refractivity contribution < 1.29 is 4.79 Å². The molecule has 0 fully saturated rings. The lowest BCUT2D eigenvalue weighted by Gasteiger charge is -2.07. The van der Waals surface area contributed by atoms with Crippen LogP contribution in [-0.2, 0) is 17.8 Å². The van der Waals surface area contributed by atoms with Crippen molar-refractivity contribution in [2.45, 2.75) is 38.6 Å². The molecule has 0 atom stereocenters. The number of aromatic amines is 1. The Kier molecular flexibility index (Phi) is 6.95. The molecule has 0 saturated carbocycles. The molecule has 5 nitrogen and oxygen atoms in total. The van der Waals surface area contributed by atoms with Gasteiger partial charge in [-0.1, -0.05) is 36.8 Å². The first-order chi connectivity index (χ1) is 13.1. The number of hydrogen-bond donors (Lipinski definition) is 2. The second-order valence-corrected chi connectivity index (χ2v) is 7.75. The topological polar surface area (TPSA) is 66.9 Å². The van der Waals surface area contributed by atoms with Gasteiger partial charge in [0.15, 0.2) is 4.77 Å². The molecule has 7 heteroatoms. The summed E-state index contributed by atoms with van der Waals surface area (Å²) in [6, 6.07) is 12.0. The molecule has 0 radical (unpaired) electrons. The van der Waals surface area contributed by atoms with Crippen molar-refractivity contribution >= 4 is 39.7 Å². The molecule has 0 aliphatic rings. The van der Waals surface area contributed by atoms with Crippen LogP contribution in [0, 0.1) is 4.77 Å². The minimum atomic E-state index is -0.0256. The van der Waals surface area contributed by atoms with Crippen molar-refractivity contribution in [2.75, 3.05) is 6.54 Å². The van der Waals surface area contributed by atoms with Gasteiger partial charge in [-0.25, -0.2) is 0 Å². The Hall–Kier alpha value is -2.25. The Morgan fingerprint density at radius 1 is 1.15 bits per heavy atom. The second kappa shape index (κ2) is 9.62. The lowest BCUT2D eigenvalue weighted by Crippen LogP contribution is -2.25. The maximum Gasteiger partial charge on any atom is 0.272 e. The van der Waals surface area contributed by atoms with E-state index in [1.807, 2.05) is 29.6 Å². The van der Waals surface area contributed by atoms with Gasteiger partial charge in [0.1, 0.15) is 4.70 Å². The number of hydrogen-bond acceptors (Lipinski definition) is 4. The normalized spacial score (nSPS) is 11.0. The van der Waals surface area contributed by atoms with E-state index in [-0.39, 0.29) is 11.5 Å². The highest BCUT2D eigenvalue weighted by Gasteiger charge is 2.07. The summed E-state index contributed by atoms with van der Waals surface area (Å²) in [6.07, 6.45) is 3.88. The first kappa shape index (κ1) is 19.5. The molecule has 0 saturated heterocycles. The average Bonchev–Trinajstić information content (AvgIpc) is 3.13. The number of nitrogens with one attached hydrogen (secondary N) is 2. The third-order valence-corrected chi connectivity index (χ3v) is 5.68. The van der Waals surface area contributed by atoms with Gasteiger partial charge in [0.25, 0.3) is 5.56 Å². The fourth-order valence-corrected chi connectivity index (χ4v) is 4.07. The Labute approximate surface area is 167 Å². The first-order valence-electron chi connectivity index (χ1n) is 9.16. The van der Waals surface area contributed by atoms with Gasteiger partial charge in [-0.05, 0) is 48.5 Å². The number of nitrogens with zero attached hydrogens (tertiary/aromatic N) is 1. The van der Waals surface area contributed by atoms with E-state index >= 15 is 0 Å². The molecule has 3 rings (SSSR count). The predicted molar refractivity (Wildman–Crippen MR) is 113 cm³/mol. The number of unbranched alkanes of at least 4 members (excludes halogenated alkanes) is 2. The van der Waals surface area contributed by atoms with Crippen LogP contribution >= 0.6 is 23.6 Å². The summed E-state index contributed by atoms with van der Waals surface area (Å²) in [5.41, 5.74) is 2.00. The van der Waals surface area contributed by atoms with E-state index in [1.165, 1.54) is 16.9 Å². The molecule has 1 amide bonds. The number of carbonyl (C=O) groups excluding carboxylic acids is 1. The highest BCUT2D eigenvalue weighted by atomic mass is 32.1. The van der Waals surface area contributed by atoms with E-state index in [4.69, 9.17) is 12.2 Å². The molecule has 142 valence electrons. The van der Waals surface area contributed by atoms with Crippen LogP contribution in [0.1, 0.15) is 31.2 Å². The van der Waals surface area contributed by atoms with Gasteiger partial charge in [-0.3, -0.25) is 14.2 Å². The van der Waals surface area contributed by atoms with E-state index in [2.05, 4.69) is 22.4 Å². The molecule has 2 heterocycles. The van der Waals surface area contributed by atoms with E-state index < -0.39 is 0 Å². The van der Waals surface area contributed by atoms with Gasteiger partial charge in [0.2, 0.25) is 5.91 Å². The van der Waals surface area contributed by atoms with Gasteiger partial charge in [0.05, 0.1) is 5.52 Å². The van der Waals surface area contributed by atoms with Crippen LogP contribution in [0.4, 0.5) is 0 Å². The van der Waals surface area contributed by atoms with Crippen molar-refractivity contribution in [2.24, 2.45) is 0 Å². The van der Waals surface area contributed by atoms with Crippen LogP contribution in [0.25, 0.3) is 10.2 Å². The van der Waals surface area contributed by atoms with Gasteiger partial charge >= 0.3 is 0 Å². The summed E-state index contributed by atoms with van der Waals surface area (Å²) in [7, 11) is 0. The minimum Gasteiger partial charge on any atom is -0.356 e. The van der Waals surface area contributed by atoms with Crippen molar-refractivity contribution in [3.63, 3.8) is 0 Å². The van der Waals surface area contributed by atoms with Crippen molar-refractivity contribution in [3.05, 3.63) is 62.5 Å². The van der Waals surface area contributed by atoms with E-state index in [1.54, 1.807) is 4.57 Å². The molecule has 0 unspecified atom stereocenters. The summed E-state index contributed by atoms with van der Waals surface area (Å²) in [5, 5.41) is 4.85. The number of carbonyl (C=O) groups is 1. The monoisotopic (exact) mass is 401 g/mol. The highest BCUT2D eigenvalue weighted by molar-refractivity contribution is 7.71. The summed E-state index contributed by atoms with van der Waals surface area (Å²) < 4.78 is 2.79. The Balaban J connectivity index is 1.36. The molecule has 2 aromatic heterocycles. The fourth-order valence-electron chi connectivity index (χ4n) is 2.99. The van der Waals surface area contributed by atoms with Gasteiger partial charge in [0, 0.05) is 19.5 Å². The van der Waals surface area contributed by atoms with Gasteiger partial charge in [-0.2, -0.15) is 0 Å². The number of aromatic nitrogens is 2. The maximum atomic E-state index is 12.4. The smallest absolute Gasteiger partial charge is 0.272 e. The van der Waals surface area contributed by atoms with Crippen LogP contribution < -0.4 is 10.9 Å². The van der Waals surface area contributed by atoms with Crippen LogP contribution in [-0.4, -0.2) is 22.0 Å². The van der Waals surface area contributed by atoms with E-state index in [0.29, 0.717) is 29.0 Å². The Morgan fingerprint density at radius 2 is 1.96 bits per heavy atom. The molecule has 2 N–H and O–H groups in total. The average molecular weight is 402 g/mol. The minimum absolute atomic E-state index is 0.0256. The van der Waals surface area contributed by atoms with Crippen LogP contribution in [0.2, 0.25) is 0 Å². The zero-order valence-corrected chi connectivity index (χ0v) is 16.7. The third-order valence-electron chi connectivity index (χ3n) is 4.46. The second-order valence-electron chi connectivity index (χ2n) is 6.45. The first-order valence-corrected chi connectivity index (χ1v) is 10.4. The summed E-state index contributed by atoms with van der Waals surface area (Å²) >= 11 is 6.72. The molecule has 0 aliphatic heterocycles. The molecule has 3 aromatic rings. The van der Waals surface area contributed by atoms with Crippen LogP contribution in [0.15, 0.2) is 46.6 Å². The Morgan fingerprint density at radius 3 is 2.78 bits per heavy atom. The summed E-state index contributed by atoms with van der Waals surface area (Å²) in [6.45, 7) is 1.24. The SMILES string of the molecule is O=C(CCCCCn1c(=S)[nH]c2ccsc2c1=O)NCCc1ccccc1. The largest absolute Gasteiger partial charge is 0.356 e. The van der Waals surface area contributed by atoms with Crippen LogP contribution in [0.5, 0.6) is 0 Å². The predicted octanol–water partition coefficient (Wildman–Crippen LogP) is 4.04. The number of benzene rings is 1. The molecular formula is C20H23N3O2S2. The third kappa shape index (κ3) is 5.37. The zero-order valence-electron chi connectivity index (χ0n) is 15.1. The molecule has 0 bridgehead atoms. The Bertz CT molecular complexity index is 1010. The zero-order chi connectivity index (χ0) is 19.1. The molecule has 1 aromatic carbocycles. The van der Waals surface area contributed by atoms with E-state index in [9.17, 15) is 9.59 Å². The molecular weight excluding hydrogens is 378 g/mol. The van der Waals surface area contributed by atoms with Gasteiger partial charge < -0.3 is 10.3 Å². The lowest BCUT2D eigenvalue weighted by molar-refractivity contribution is -0.121. The number of H-pyrrole nitrogens is 1. The lowest BCUT2D eigenvalue weighted by atomic mass is 10.1. The number of fused-ring (bicyclic) bond motifs is 1. The quantitative estimate of drug-likeness (QED) is 0.420. The van der Waals surface area contributed by atoms with Crippen molar-refractivity contribution in [3.8, 4) is 0 Å². The standard InChI is InChI=1S/C20H23N3O2S2/c24-17(21-12-10-15-7-3-1-4-8-15)9-5-2-6-13-23-19(25)18-16(11-14-27-18)22-20(23)26/h1,3-4,7-8,11,14H,2,5-6,9-10,12-13H2,(H,21,24)(H,22,26). The maximum absolute atomic E-state index is 12.4. The number of rotatable bonds is 9. The van der Waals surface area contributed by atoms with Crippen molar-refractivity contribution in [1.82, 2.24) is 14.9 Å².